The van der Waals surface area contributed by atoms with Crippen LogP contribution in [0.4, 0.5) is 4.39 Å². The zero-order chi connectivity index (χ0) is 15.9. The van der Waals surface area contributed by atoms with Crippen molar-refractivity contribution in [2.75, 3.05) is 7.11 Å². The van der Waals surface area contributed by atoms with Crippen molar-refractivity contribution in [3.8, 4) is 17.1 Å². The second-order valence-corrected chi connectivity index (χ2v) is 5.78. The molecule has 3 rings (SSSR count). The predicted molar refractivity (Wildman–Crippen MR) is 85.8 cm³/mol. The molecule has 0 aliphatic carbocycles. The molecule has 0 unspecified atom stereocenters. The first kappa shape index (κ1) is 15.3. The van der Waals surface area contributed by atoms with E-state index in [1.807, 2.05) is 0 Å². The largest absolute Gasteiger partial charge is 0.497 e. The Balaban J connectivity index is 2.31. The number of imidazole rings is 1. The van der Waals surface area contributed by atoms with E-state index in [1.165, 1.54) is 19.2 Å². The summed E-state index contributed by atoms with van der Waals surface area (Å²) in [6.45, 7) is -0.223. The van der Waals surface area contributed by atoms with Crippen molar-refractivity contribution in [2.24, 2.45) is 0 Å². The highest BCUT2D eigenvalue weighted by Gasteiger charge is 2.17. The number of aliphatic hydroxyl groups excluding tert-OH is 1. The molecular weight excluding hydrogens is 375 g/mol. The van der Waals surface area contributed by atoms with Crippen LogP contribution in [0, 0.1) is 5.82 Å². The highest BCUT2D eigenvalue weighted by molar-refractivity contribution is 9.10. The van der Waals surface area contributed by atoms with Crippen LogP contribution >= 0.6 is 27.5 Å². The van der Waals surface area contributed by atoms with Crippen LogP contribution in [0.5, 0.6) is 5.75 Å². The monoisotopic (exact) mass is 384 g/mol. The van der Waals surface area contributed by atoms with Crippen LogP contribution in [0.2, 0.25) is 5.02 Å². The maximum absolute atomic E-state index is 13.7. The van der Waals surface area contributed by atoms with Gasteiger partial charge in [-0.25, -0.2) is 9.37 Å². The van der Waals surface area contributed by atoms with Crippen LogP contribution in [-0.4, -0.2) is 21.6 Å². The molecule has 22 heavy (non-hydrogen) atoms. The zero-order valence-electron chi connectivity index (χ0n) is 11.5. The number of halogens is 3. The van der Waals surface area contributed by atoms with Crippen LogP contribution in [0.3, 0.4) is 0 Å². The summed E-state index contributed by atoms with van der Waals surface area (Å²) in [6.07, 6.45) is 1.72. The molecular formula is C15H11BrClFN2O2. The number of ether oxygens (including phenoxy) is 1. The Morgan fingerprint density at radius 2 is 2.18 bits per heavy atom. The summed E-state index contributed by atoms with van der Waals surface area (Å²) < 4.78 is 21.1. The zero-order valence-corrected chi connectivity index (χ0v) is 13.8. The number of benzene rings is 1. The Labute approximate surface area is 139 Å². The molecule has 3 aromatic rings. The van der Waals surface area contributed by atoms with Crippen molar-refractivity contribution in [1.82, 2.24) is 9.38 Å². The molecule has 0 amide bonds. The van der Waals surface area contributed by atoms with Crippen molar-refractivity contribution in [1.29, 1.82) is 0 Å². The van der Waals surface area contributed by atoms with Crippen LogP contribution in [0.25, 0.3) is 16.9 Å². The number of methoxy groups -OCH3 is 1. The van der Waals surface area contributed by atoms with Gasteiger partial charge in [0.2, 0.25) is 0 Å². The van der Waals surface area contributed by atoms with E-state index in [0.29, 0.717) is 37.8 Å². The third-order valence-corrected chi connectivity index (χ3v) is 4.24. The van der Waals surface area contributed by atoms with Crippen LogP contribution in [0.1, 0.15) is 5.56 Å². The first-order valence-electron chi connectivity index (χ1n) is 6.36. The molecule has 0 spiro atoms. The number of pyridine rings is 1. The summed E-state index contributed by atoms with van der Waals surface area (Å²) in [5.41, 5.74) is 1.76. The first-order chi connectivity index (χ1) is 10.5. The van der Waals surface area contributed by atoms with Gasteiger partial charge in [-0.1, -0.05) is 11.6 Å². The topological polar surface area (TPSA) is 46.8 Å². The van der Waals surface area contributed by atoms with Gasteiger partial charge in [-0.2, -0.15) is 0 Å². The number of nitrogens with zero attached hydrogens (tertiary/aromatic N) is 2. The third kappa shape index (κ3) is 2.47. The van der Waals surface area contributed by atoms with Crippen LogP contribution in [0.15, 0.2) is 35.1 Å². The second-order valence-electron chi connectivity index (χ2n) is 4.62. The Morgan fingerprint density at radius 3 is 2.86 bits per heavy atom. The summed E-state index contributed by atoms with van der Waals surface area (Å²) in [7, 11) is 1.47. The van der Waals surface area contributed by atoms with E-state index in [4.69, 9.17) is 16.3 Å². The van der Waals surface area contributed by atoms with Crippen molar-refractivity contribution >= 4 is 33.0 Å². The number of hydrogen-bond donors (Lipinski definition) is 1. The average molecular weight is 386 g/mol. The molecule has 0 atom stereocenters. The molecule has 0 radical (unpaired) electrons. The summed E-state index contributed by atoms with van der Waals surface area (Å²) >= 11 is 9.47. The van der Waals surface area contributed by atoms with E-state index in [9.17, 15) is 9.50 Å². The van der Waals surface area contributed by atoms with Gasteiger partial charge in [-0.3, -0.25) is 4.40 Å². The van der Waals surface area contributed by atoms with E-state index in [0.717, 1.165) is 0 Å². The Kier molecular flexibility index (Phi) is 4.08. The van der Waals surface area contributed by atoms with Crippen LogP contribution < -0.4 is 4.74 Å². The first-order valence-corrected chi connectivity index (χ1v) is 7.53. The standard InChI is InChI=1S/C15H11BrClFN2O2/c1-22-10-5-8(4-9(18)6-10)15-19-14(16)13-11(7-21)12(17)2-3-20(13)15/h2-6,21H,7H2,1H3. The molecule has 2 aromatic heterocycles. The smallest absolute Gasteiger partial charge is 0.146 e. The molecule has 4 nitrogen and oxygen atoms in total. The number of rotatable bonds is 3. The number of aromatic nitrogens is 2. The molecule has 0 aliphatic heterocycles. The molecule has 0 saturated heterocycles. The fourth-order valence-electron chi connectivity index (χ4n) is 2.34. The minimum atomic E-state index is -0.418. The lowest BCUT2D eigenvalue weighted by atomic mass is 10.2. The van der Waals surface area contributed by atoms with Crippen molar-refractivity contribution < 1.29 is 14.2 Å². The van der Waals surface area contributed by atoms with Gasteiger partial charge < -0.3 is 9.84 Å². The molecule has 0 fully saturated rings. The molecule has 1 aromatic carbocycles. The molecule has 114 valence electrons. The average Bonchev–Trinajstić information content (AvgIpc) is 2.84. The van der Waals surface area contributed by atoms with Crippen LogP contribution in [-0.2, 0) is 6.61 Å². The van der Waals surface area contributed by atoms with E-state index < -0.39 is 5.82 Å². The van der Waals surface area contributed by atoms with Crippen molar-refractivity contribution in [2.45, 2.75) is 6.61 Å². The molecule has 2 heterocycles. The lowest BCUT2D eigenvalue weighted by Crippen LogP contribution is -1.95. The Morgan fingerprint density at radius 1 is 1.41 bits per heavy atom. The van der Waals surface area contributed by atoms with E-state index in [-0.39, 0.29) is 6.61 Å². The Hall–Kier alpha value is -1.63. The van der Waals surface area contributed by atoms with Crippen molar-refractivity contribution in [3.63, 3.8) is 0 Å². The third-order valence-electron chi connectivity index (χ3n) is 3.34. The second kappa shape index (κ2) is 5.87. The SMILES string of the molecule is COc1cc(F)cc(-c2nc(Br)c3c(CO)c(Cl)ccn23)c1. The van der Waals surface area contributed by atoms with Crippen molar-refractivity contribution in [3.05, 3.63) is 51.5 Å². The fraction of sp³-hybridized carbons (Fsp3) is 0.133. The fourth-order valence-corrected chi connectivity index (χ4v) is 3.14. The Bertz CT molecular complexity index is 866. The van der Waals surface area contributed by atoms with Gasteiger partial charge in [-0.05, 0) is 34.1 Å². The maximum atomic E-state index is 13.7. The highest BCUT2D eigenvalue weighted by atomic mass is 79.9. The normalized spacial score (nSPS) is 11.1. The van der Waals surface area contributed by atoms with E-state index in [2.05, 4.69) is 20.9 Å². The number of hydrogen-bond acceptors (Lipinski definition) is 3. The van der Waals surface area contributed by atoms with Gasteiger partial charge in [0.25, 0.3) is 0 Å². The van der Waals surface area contributed by atoms with Gasteiger partial charge in [0, 0.05) is 28.4 Å². The van der Waals surface area contributed by atoms with E-state index in [1.54, 1.807) is 22.7 Å². The van der Waals surface area contributed by atoms with E-state index >= 15 is 0 Å². The number of fused-ring (bicyclic) bond motifs is 1. The summed E-state index contributed by atoms with van der Waals surface area (Å²) in [5.74, 6) is 0.504. The summed E-state index contributed by atoms with van der Waals surface area (Å²) in [4.78, 5) is 4.41. The van der Waals surface area contributed by atoms with Gasteiger partial charge in [-0.15, -0.1) is 0 Å². The lowest BCUT2D eigenvalue weighted by Gasteiger charge is -2.07. The minimum absolute atomic E-state index is 0.223. The van der Waals surface area contributed by atoms with Gasteiger partial charge in [0.15, 0.2) is 0 Å². The number of aliphatic hydroxyl groups is 1. The minimum Gasteiger partial charge on any atom is -0.497 e. The van der Waals surface area contributed by atoms with Gasteiger partial charge in [0.05, 0.1) is 19.2 Å². The molecule has 0 saturated carbocycles. The highest BCUT2D eigenvalue weighted by Crippen LogP contribution is 2.33. The maximum Gasteiger partial charge on any atom is 0.146 e. The molecule has 0 bridgehead atoms. The molecule has 1 N–H and O–H groups in total. The summed E-state index contributed by atoms with van der Waals surface area (Å²) in [6, 6.07) is 6.02. The quantitative estimate of drug-likeness (QED) is 0.740. The summed E-state index contributed by atoms with van der Waals surface area (Å²) in [5, 5.41) is 9.96. The van der Waals surface area contributed by atoms with Gasteiger partial charge >= 0.3 is 0 Å². The lowest BCUT2D eigenvalue weighted by molar-refractivity contribution is 0.283. The molecule has 7 heteroatoms. The predicted octanol–water partition coefficient (Wildman–Crippen LogP) is 4.06. The van der Waals surface area contributed by atoms with Gasteiger partial charge in [0.1, 0.15) is 22.0 Å². The molecule has 0 aliphatic rings.